The summed E-state index contributed by atoms with van der Waals surface area (Å²) in [6.45, 7) is 7.17. The monoisotopic (exact) mass is 373 g/mol. The minimum Gasteiger partial charge on any atom is -0.365 e. The smallest absolute Gasteiger partial charge is 0.244 e. The van der Waals surface area contributed by atoms with Crippen molar-refractivity contribution >= 4 is 21.7 Å². The van der Waals surface area contributed by atoms with Crippen LogP contribution in [0.2, 0.25) is 0 Å². The molecule has 0 radical (unpaired) electrons. The molecule has 2 aromatic rings. The topological polar surface area (TPSA) is 87.2 Å². The number of anilines is 2. The van der Waals surface area contributed by atoms with E-state index < -0.39 is 15.7 Å². The number of sulfonamides is 1. The molecular formula is C18H23N5O2S. The van der Waals surface area contributed by atoms with Crippen LogP contribution >= 0.6 is 0 Å². The van der Waals surface area contributed by atoms with E-state index in [-0.39, 0.29) is 0 Å². The maximum Gasteiger partial charge on any atom is 0.244 e. The average molecular weight is 373 g/mol. The van der Waals surface area contributed by atoms with Crippen LogP contribution in [0.4, 0.5) is 11.6 Å². The molecule has 1 saturated heterocycles. The summed E-state index contributed by atoms with van der Waals surface area (Å²) in [4.78, 5) is 11.5. The van der Waals surface area contributed by atoms with Gasteiger partial charge in [0.15, 0.2) is 0 Å². The summed E-state index contributed by atoms with van der Waals surface area (Å²) >= 11 is 0. The van der Waals surface area contributed by atoms with Gasteiger partial charge in [-0.3, -0.25) is 0 Å². The Labute approximate surface area is 153 Å². The van der Waals surface area contributed by atoms with Gasteiger partial charge in [0.2, 0.25) is 16.0 Å². The molecule has 3 heterocycles. The molecule has 0 saturated carbocycles. The second kappa shape index (κ2) is 5.92. The van der Waals surface area contributed by atoms with Gasteiger partial charge in [0, 0.05) is 37.3 Å². The number of nitrogens with zero attached hydrogens (tertiary/aromatic N) is 3. The van der Waals surface area contributed by atoms with E-state index in [9.17, 15) is 8.42 Å². The summed E-state index contributed by atoms with van der Waals surface area (Å²) in [5.74, 6) is 0.715. The van der Waals surface area contributed by atoms with Crippen molar-refractivity contribution in [3.05, 3.63) is 41.2 Å². The van der Waals surface area contributed by atoms with Crippen molar-refractivity contribution in [2.45, 2.75) is 44.2 Å². The number of fused-ring (bicyclic) bond motifs is 1. The number of aromatic nitrogens is 2. The van der Waals surface area contributed by atoms with Gasteiger partial charge in [-0.1, -0.05) is 6.07 Å². The van der Waals surface area contributed by atoms with E-state index in [0.29, 0.717) is 42.5 Å². The number of rotatable bonds is 1. The van der Waals surface area contributed by atoms with Gasteiger partial charge in [-0.15, -0.1) is 0 Å². The summed E-state index contributed by atoms with van der Waals surface area (Å²) in [5.41, 5.74) is 2.82. The van der Waals surface area contributed by atoms with Crippen molar-refractivity contribution in [3.8, 4) is 0 Å². The van der Waals surface area contributed by atoms with Crippen LogP contribution in [0.25, 0.3) is 0 Å². The normalized spacial score (nSPS) is 20.5. The maximum atomic E-state index is 12.8. The number of piperidine rings is 1. The molecule has 26 heavy (non-hydrogen) atoms. The van der Waals surface area contributed by atoms with Crippen LogP contribution in [0, 0.1) is 20.8 Å². The van der Waals surface area contributed by atoms with Gasteiger partial charge in [0.25, 0.3) is 0 Å². The SMILES string of the molecule is Cc1ccc2c(c1)S(=O)(=O)NC1(CCN(c3nc(C)cc(C)n3)CC1)N2. The molecule has 0 bridgehead atoms. The Morgan fingerprint density at radius 2 is 1.69 bits per heavy atom. The average Bonchev–Trinajstić information content (AvgIpc) is 2.55. The molecule has 2 N–H and O–H groups in total. The number of aryl methyl sites for hydroxylation is 3. The van der Waals surface area contributed by atoms with Gasteiger partial charge in [0.1, 0.15) is 10.6 Å². The lowest BCUT2D eigenvalue weighted by atomic mass is 9.97. The Kier molecular flexibility index (Phi) is 3.92. The molecular weight excluding hydrogens is 350 g/mol. The first-order chi connectivity index (χ1) is 12.3. The Balaban J connectivity index is 1.58. The molecule has 4 rings (SSSR count). The first-order valence-electron chi connectivity index (χ1n) is 8.76. The molecule has 7 nitrogen and oxygen atoms in total. The summed E-state index contributed by atoms with van der Waals surface area (Å²) in [6, 6.07) is 7.43. The number of hydrogen-bond acceptors (Lipinski definition) is 6. The van der Waals surface area contributed by atoms with Crippen LogP contribution in [0.3, 0.4) is 0 Å². The Morgan fingerprint density at radius 3 is 2.35 bits per heavy atom. The highest BCUT2D eigenvalue weighted by molar-refractivity contribution is 7.89. The fourth-order valence-electron chi connectivity index (χ4n) is 3.71. The van der Waals surface area contributed by atoms with Crippen molar-refractivity contribution < 1.29 is 8.42 Å². The van der Waals surface area contributed by atoms with E-state index in [1.54, 1.807) is 6.07 Å². The molecule has 0 atom stereocenters. The molecule has 138 valence electrons. The molecule has 0 unspecified atom stereocenters. The zero-order valence-corrected chi connectivity index (χ0v) is 16.0. The van der Waals surface area contributed by atoms with Crippen molar-refractivity contribution in [1.29, 1.82) is 0 Å². The van der Waals surface area contributed by atoms with Gasteiger partial charge >= 0.3 is 0 Å². The van der Waals surface area contributed by atoms with Gasteiger partial charge in [0.05, 0.1) is 5.69 Å². The summed E-state index contributed by atoms with van der Waals surface area (Å²) in [5, 5.41) is 3.43. The van der Waals surface area contributed by atoms with Crippen LogP contribution in [0.5, 0.6) is 0 Å². The lowest BCUT2D eigenvalue weighted by Gasteiger charge is -2.45. The number of hydrogen-bond donors (Lipinski definition) is 2. The van der Waals surface area contributed by atoms with Crippen LogP contribution < -0.4 is 14.9 Å². The van der Waals surface area contributed by atoms with Crippen LogP contribution in [-0.4, -0.2) is 37.1 Å². The first kappa shape index (κ1) is 17.2. The molecule has 1 aromatic carbocycles. The van der Waals surface area contributed by atoms with Crippen LogP contribution in [0.15, 0.2) is 29.2 Å². The highest BCUT2D eigenvalue weighted by Crippen LogP contribution is 2.35. The third-order valence-corrected chi connectivity index (χ3v) is 6.58. The van der Waals surface area contributed by atoms with Gasteiger partial charge in [-0.2, -0.15) is 4.72 Å². The van der Waals surface area contributed by atoms with Crippen molar-refractivity contribution in [1.82, 2.24) is 14.7 Å². The fourth-order valence-corrected chi connectivity index (χ4v) is 5.34. The molecule has 0 aliphatic carbocycles. The summed E-state index contributed by atoms with van der Waals surface area (Å²) in [7, 11) is -3.53. The zero-order valence-electron chi connectivity index (χ0n) is 15.2. The largest absolute Gasteiger partial charge is 0.365 e. The van der Waals surface area contributed by atoms with Crippen LogP contribution in [0.1, 0.15) is 29.8 Å². The third kappa shape index (κ3) is 3.03. The molecule has 2 aliphatic heterocycles. The summed E-state index contributed by atoms with van der Waals surface area (Å²) < 4.78 is 28.4. The quantitative estimate of drug-likeness (QED) is 0.796. The number of benzene rings is 1. The Hall–Kier alpha value is -2.19. The minimum absolute atomic E-state index is 0.322. The molecule has 1 aromatic heterocycles. The van der Waals surface area contributed by atoms with Crippen molar-refractivity contribution in [2.24, 2.45) is 0 Å². The second-order valence-corrected chi connectivity index (χ2v) is 8.90. The first-order valence-corrected chi connectivity index (χ1v) is 10.2. The third-order valence-electron chi connectivity index (χ3n) is 5.00. The lowest BCUT2D eigenvalue weighted by Crippen LogP contribution is -2.62. The zero-order chi connectivity index (χ0) is 18.5. The lowest BCUT2D eigenvalue weighted by molar-refractivity contribution is 0.334. The molecule has 2 aliphatic rings. The maximum absolute atomic E-state index is 12.8. The van der Waals surface area contributed by atoms with E-state index in [4.69, 9.17) is 0 Å². The van der Waals surface area contributed by atoms with Gasteiger partial charge in [-0.05, 0) is 44.5 Å². The van der Waals surface area contributed by atoms with E-state index in [1.165, 1.54) is 0 Å². The Bertz CT molecular complexity index is 945. The second-order valence-electron chi connectivity index (χ2n) is 7.25. The summed E-state index contributed by atoms with van der Waals surface area (Å²) in [6.07, 6.45) is 1.27. The Morgan fingerprint density at radius 1 is 1.04 bits per heavy atom. The van der Waals surface area contributed by atoms with E-state index >= 15 is 0 Å². The molecule has 1 fully saturated rings. The standard InChI is InChI=1S/C18H23N5O2S/c1-12-4-5-15-16(10-12)26(24,25)22-18(21-15)6-8-23(9-7-18)17-19-13(2)11-14(3)20-17/h4-5,10-11,21-22H,6-9H2,1-3H3. The molecule has 0 amide bonds. The highest BCUT2D eigenvalue weighted by atomic mass is 32.2. The van der Waals surface area contributed by atoms with E-state index in [2.05, 4.69) is 24.9 Å². The number of nitrogens with one attached hydrogen (secondary N) is 2. The van der Waals surface area contributed by atoms with Gasteiger partial charge < -0.3 is 10.2 Å². The van der Waals surface area contributed by atoms with Crippen molar-refractivity contribution in [3.63, 3.8) is 0 Å². The fraction of sp³-hybridized carbons (Fsp3) is 0.444. The van der Waals surface area contributed by atoms with Gasteiger partial charge in [-0.25, -0.2) is 18.4 Å². The predicted octanol–water partition coefficient (Wildman–Crippen LogP) is 2.10. The van der Waals surface area contributed by atoms with Crippen molar-refractivity contribution in [2.75, 3.05) is 23.3 Å². The predicted molar refractivity (Wildman–Crippen MR) is 101 cm³/mol. The van der Waals surface area contributed by atoms with Crippen LogP contribution in [-0.2, 0) is 10.0 Å². The van der Waals surface area contributed by atoms with E-state index in [1.807, 2.05) is 39.0 Å². The highest BCUT2D eigenvalue weighted by Gasteiger charge is 2.43. The minimum atomic E-state index is -3.53. The molecule has 1 spiro atoms. The van der Waals surface area contributed by atoms with E-state index in [0.717, 1.165) is 17.0 Å². The molecule has 8 heteroatoms.